The van der Waals surface area contributed by atoms with Crippen LogP contribution in [0.15, 0.2) is 60.9 Å². The molecule has 0 aliphatic carbocycles. The van der Waals surface area contributed by atoms with E-state index in [0.29, 0.717) is 12.3 Å². The van der Waals surface area contributed by atoms with E-state index < -0.39 is 6.10 Å². The molecule has 0 fully saturated rings. The summed E-state index contributed by atoms with van der Waals surface area (Å²) in [5.41, 5.74) is 3.53. The predicted octanol–water partition coefficient (Wildman–Crippen LogP) is 3.54. The number of ether oxygens (including phenoxy) is 2. The highest BCUT2D eigenvalue weighted by molar-refractivity contribution is 5.80. The molecule has 0 bridgehead atoms. The van der Waals surface area contributed by atoms with Crippen molar-refractivity contribution < 1.29 is 14.3 Å². The lowest BCUT2D eigenvalue weighted by Gasteiger charge is -2.15. The van der Waals surface area contributed by atoms with E-state index in [1.165, 1.54) is 6.33 Å². The molecule has 1 aromatic heterocycles. The van der Waals surface area contributed by atoms with Crippen molar-refractivity contribution in [3.05, 3.63) is 72.2 Å². The number of hydrogen-bond acceptors (Lipinski definition) is 5. The van der Waals surface area contributed by atoms with Gasteiger partial charge in [-0.3, -0.25) is 4.79 Å². The molecule has 144 valence electrons. The maximum absolute atomic E-state index is 12.3. The zero-order valence-corrected chi connectivity index (χ0v) is 16.2. The van der Waals surface area contributed by atoms with Crippen molar-refractivity contribution in [1.29, 1.82) is 0 Å². The molecule has 0 saturated carbocycles. The summed E-state index contributed by atoms with van der Waals surface area (Å²) in [5, 5.41) is 2.86. The molecule has 0 radical (unpaired) electrons. The van der Waals surface area contributed by atoms with Crippen LogP contribution in [0.25, 0.3) is 11.3 Å². The molecule has 2 aromatic carbocycles. The summed E-state index contributed by atoms with van der Waals surface area (Å²) in [5.74, 6) is 1.26. The normalized spacial score (nSPS) is 11.5. The minimum atomic E-state index is -0.607. The molecule has 0 saturated heterocycles. The Labute approximate surface area is 164 Å². The molecule has 0 aliphatic heterocycles. The highest BCUT2D eigenvalue weighted by atomic mass is 16.5. The molecule has 0 spiro atoms. The predicted molar refractivity (Wildman–Crippen MR) is 107 cm³/mol. The summed E-state index contributed by atoms with van der Waals surface area (Å²) in [6.45, 7) is 4.00. The molecule has 28 heavy (non-hydrogen) atoms. The van der Waals surface area contributed by atoms with E-state index in [1.54, 1.807) is 14.0 Å². The number of aryl methyl sites for hydroxylation is 1. The third-order valence-corrected chi connectivity index (χ3v) is 4.22. The first kappa shape index (κ1) is 19.4. The van der Waals surface area contributed by atoms with Crippen molar-refractivity contribution >= 4 is 5.91 Å². The fraction of sp³-hybridized carbons (Fsp3) is 0.227. The fourth-order valence-corrected chi connectivity index (χ4v) is 2.68. The van der Waals surface area contributed by atoms with Gasteiger partial charge in [0.2, 0.25) is 0 Å². The summed E-state index contributed by atoms with van der Waals surface area (Å²) in [7, 11) is 1.63. The number of amides is 1. The van der Waals surface area contributed by atoms with Crippen LogP contribution < -0.4 is 14.8 Å². The molecule has 3 rings (SSSR count). The van der Waals surface area contributed by atoms with E-state index >= 15 is 0 Å². The van der Waals surface area contributed by atoms with Crippen molar-refractivity contribution in [2.75, 3.05) is 7.11 Å². The minimum Gasteiger partial charge on any atom is -0.497 e. The van der Waals surface area contributed by atoms with Crippen molar-refractivity contribution in [2.24, 2.45) is 0 Å². The first-order chi connectivity index (χ1) is 13.5. The van der Waals surface area contributed by atoms with Crippen molar-refractivity contribution in [3.8, 4) is 22.8 Å². The van der Waals surface area contributed by atoms with Gasteiger partial charge in [0, 0.05) is 5.56 Å². The van der Waals surface area contributed by atoms with E-state index in [-0.39, 0.29) is 5.91 Å². The Morgan fingerprint density at radius 1 is 1.07 bits per heavy atom. The van der Waals surface area contributed by atoms with Crippen LogP contribution in [0.3, 0.4) is 0 Å². The Hall–Kier alpha value is -3.41. The number of benzene rings is 2. The summed E-state index contributed by atoms with van der Waals surface area (Å²) < 4.78 is 10.9. The largest absolute Gasteiger partial charge is 0.497 e. The van der Waals surface area contributed by atoms with Gasteiger partial charge in [-0.05, 0) is 61.9 Å². The number of aromatic nitrogens is 2. The van der Waals surface area contributed by atoms with Crippen molar-refractivity contribution in [1.82, 2.24) is 15.3 Å². The van der Waals surface area contributed by atoms with E-state index in [4.69, 9.17) is 9.47 Å². The Balaban J connectivity index is 1.60. The standard InChI is InChI=1S/C22H23N3O3/c1-15-5-4-6-20(11-15)28-16(2)22(26)23-13-18-12-21(25-14-24-18)17-7-9-19(27-3)10-8-17/h4-12,14,16H,13H2,1-3H3,(H,23,26). The first-order valence-corrected chi connectivity index (χ1v) is 9.01. The summed E-state index contributed by atoms with van der Waals surface area (Å²) in [6.07, 6.45) is 0.887. The average molecular weight is 377 g/mol. The topological polar surface area (TPSA) is 73.3 Å². The number of methoxy groups -OCH3 is 1. The maximum atomic E-state index is 12.3. The van der Waals surface area contributed by atoms with Gasteiger partial charge in [-0.25, -0.2) is 9.97 Å². The van der Waals surface area contributed by atoms with Crippen molar-refractivity contribution in [3.63, 3.8) is 0 Å². The summed E-state index contributed by atoms with van der Waals surface area (Å²) in [4.78, 5) is 20.9. The van der Waals surface area contributed by atoms with Crippen LogP contribution in [0.4, 0.5) is 0 Å². The Morgan fingerprint density at radius 3 is 2.57 bits per heavy atom. The highest BCUT2D eigenvalue weighted by Gasteiger charge is 2.15. The number of nitrogens with zero attached hydrogens (tertiary/aromatic N) is 2. The number of carbonyl (C=O) groups is 1. The van der Waals surface area contributed by atoms with Gasteiger partial charge >= 0.3 is 0 Å². The molecule has 1 heterocycles. The monoisotopic (exact) mass is 377 g/mol. The quantitative estimate of drug-likeness (QED) is 0.682. The Kier molecular flexibility index (Phi) is 6.22. The van der Waals surface area contributed by atoms with Crippen LogP contribution in [0.1, 0.15) is 18.2 Å². The summed E-state index contributed by atoms with van der Waals surface area (Å²) >= 11 is 0. The SMILES string of the molecule is COc1ccc(-c2cc(CNC(=O)C(C)Oc3cccc(C)c3)ncn2)cc1. The molecule has 3 aromatic rings. The van der Waals surface area contributed by atoms with Gasteiger partial charge in [0.15, 0.2) is 6.10 Å². The lowest BCUT2D eigenvalue weighted by atomic mass is 10.1. The van der Waals surface area contributed by atoms with Gasteiger partial charge in [-0.1, -0.05) is 12.1 Å². The van der Waals surface area contributed by atoms with Gasteiger partial charge in [0.1, 0.15) is 17.8 Å². The number of rotatable bonds is 7. The zero-order chi connectivity index (χ0) is 19.9. The van der Waals surface area contributed by atoms with E-state index in [9.17, 15) is 4.79 Å². The smallest absolute Gasteiger partial charge is 0.261 e. The molecule has 1 unspecified atom stereocenters. The zero-order valence-electron chi connectivity index (χ0n) is 16.2. The molecular weight excluding hydrogens is 354 g/mol. The minimum absolute atomic E-state index is 0.203. The summed E-state index contributed by atoms with van der Waals surface area (Å²) in [6, 6.07) is 17.1. The lowest BCUT2D eigenvalue weighted by Crippen LogP contribution is -2.36. The van der Waals surface area contributed by atoms with Gasteiger partial charge in [0.05, 0.1) is 25.0 Å². The number of carbonyl (C=O) groups excluding carboxylic acids is 1. The van der Waals surface area contributed by atoms with Gasteiger partial charge in [0.25, 0.3) is 5.91 Å². The average Bonchev–Trinajstić information content (AvgIpc) is 2.72. The van der Waals surface area contributed by atoms with Gasteiger partial charge < -0.3 is 14.8 Å². The maximum Gasteiger partial charge on any atom is 0.261 e. The number of nitrogens with one attached hydrogen (secondary N) is 1. The molecule has 6 nitrogen and oxygen atoms in total. The highest BCUT2D eigenvalue weighted by Crippen LogP contribution is 2.20. The second kappa shape index (κ2) is 8.99. The first-order valence-electron chi connectivity index (χ1n) is 9.01. The Morgan fingerprint density at radius 2 is 1.86 bits per heavy atom. The van der Waals surface area contributed by atoms with Crippen LogP contribution in [0, 0.1) is 6.92 Å². The van der Waals surface area contributed by atoms with Crippen LogP contribution in [0.5, 0.6) is 11.5 Å². The molecular formula is C22H23N3O3. The van der Waals surface area contributed by atoms with Gasteiger partial charge in [-0.2, -0.15) is 0 Å². The molecule has 0 aliphatic rings. The number of hydrogen-bond donors (Lipinski definition) is 1. The van der Waals surface area contributed by atoms with Gasteiger partial charge in [-0.15, -0.1) is 0 Å². The second-order valence-corrected chi connectivity index (χ2v) is 6.42. The molecule has 1 N–H and O–H groups in total. The van der Waals surface area contributed by atoms with E-state index in [0.717, 1.165) is 28.3 Å². The van der Waals surface area contributed by atoms with Crippen LogP contribution in [0.2, 0.25) is 0 Å². The Bertz CT molecular complexity index is 942. The van der Waals surface area contributed by atoms with E-state index in [2.05, 4.69) is 15.3 Å². The van der Waals surface area contributed by atoms with E-state index in [1.807, 2.05) is 61.5 Å². The third kappa shape index (κ3) is 5.07. The fourth-order valence-electron chi connectivity index (χ4n) is 2.68. The second-order valence-electron chi connectivity index (χ2n) is 6.42. The van der Waals surface area contributed by atoms with Crippen molar-refractivity contribution in [2.45, 2.75) is 26.5 Å². The van der Waals surface area contributed by atoms with Crippen LogP contribution in [-0.4, -0.2) is 29.1 Å². The van der Waals surface area contributed by atoms with Crippen LogP contribution in [-0.2, 0) is 11.3 Å². The van der Waals surface area contributed by atoms with Crippen LogP contribution >= 0.6 is 0 Å². The molecule has 1 amide bonds. The molecule has 6 heteroatoms. The third-order valence-electron chi connectivity index (χ3n) is 4.22. The molecule has 1 atom stereocenters. The lowest BCUT2D eigenvalue weighted by molar-refractivity contribution is -0.127.